The molecule has 0 saturated carbocycles. The Labute approximate surface area is 112 Å². The molecule has 1 heterocycles. The van der Waals surface area contributed by atoms with Crippen molar-refractivity contribution in [1.29, 1.82) is 0 Å². The third-order valence-corrected chi connectivity index (χ3v) is 3.98. The minimum absolute atomic E-state index is 0.0485. The van der Waals surface area contributed by atoms with Gasteiger partial charge in [-0.25, -0.2) is 0 Å². The molecule has 98 valence electrons. The molecule has 0 aliphatic rings. The van der Waals surface area contributed by atoms with E-state index in [2.05, 4.69) is 41.9 Å². The third-order valence-electron chi connectivity index (χ3n) is 3.01. The number of ether oxygens (including phenoxy) is 2. The smallest absolute Gasteiger partial charge is 0.176 e. The Morgan fingerprint density at radius 2 is 2.00 bits per heavy atom. The Morgan fingerprint density at radius 3 is 2.67 bits per heavy atom. The van der Waals surface area contributed by atoms with Gasteiger partial charge >= 0.3 is 0 Å². The molecule has 0 radical (unpaired) electrons. The Morgan fingerprint density at radius 1 is 1.22 bits per heavy atom. The van der Waals surface area contributed by atoms with Crippen LogP contribution in [0.3, 0.4) is 0 Å². The van der Waals surface area contributed by atoms with E-state index in [1.807, 2.05) is 0 Å². The van der Waals surface area contributed by atoms with Crippen molar-refractivity contribution in [2.45, 2.75) is 19.3 Å². The van der Waals surface area contributed by atoms with Gasteiger partial charge in [0.05, 0.1) is 6.04 Å². The van der Waals surface area contributed by atoms with Crippen LogP contribution in [-0.4, -0.2) is 27.1 Å². The highest BCUT2D eigenvalue weighted by Crippen LogP contribution is 2.31. The number of nitrogens with one attached hydrogen (secondary N) is 1. The van der Waals surface area contributed by atoms with E-state index in [0.29, 0.717) is 0 Å². The molecule has 0 aliphatic carbocycles. The lowest BCUT2D eigenvalue weighted by Gasteiger charge is -2.26. The Bertz CT molecular complexity index is 493. The SMILES string of the molecule is CCNC(c1cccc2ccsc12)C(OC)OC. The molecule has 1 N–H and O–H groups in total. The summed E-state index contributed by atoms with van der Waals surface area (Å²) in [6.07, 6.45) is -0.280. The lowest BCUT2D eigenvalue weighted by Crippen LogP contribution is -2.34. The molecule has 0 bridgehead atoms. The zero-order chi connectivity index (χ0) is 13.0. The quantitative estimate of drug-likeness (QED) is 0.814. The maximum absolute atomic E-state index is 5.41. The number of benzene rings is 1. The van der Waals surface area contributed by atoms with E-state index < -0.39 is 0 Å². The lowest BCUT2D eigenvalue weighted by atomic mass is 10.0. The van der Waals surface area contributed by atoms with E-state index >= 15 is 0 Å². The second-order valence-corrected chi connectivity index (χ2v) is 4.98. The average Bonchev–Trinajstić information content (AvgIpc) is 2.87. The van der Waals surface area contributed by atoms with Gasteiger partial charge < -0.3 is 14.8 Å². The van der Waals surface area contributed by atoms with Crippen LogP contribution in [0.1, 0.15) is 18.5 Å². The van der Waals surface area contributed by atoms with Gasteiger partial charge in [0.15, 0.2) is 6.29 Å². The molecule has 1 aromatic heterocycles. The van der Waals surface area contributed by atoms with Crippen LogP contribution in [0.2, 0.25) is 0 Å². The highest BCUT2D eigenvalue weighted by molar-refractivity contribution is 7.17. The van der Waals surface area contributed by atoms with Crippen LogP contribution in [-0.2, 0) is 9.47 Å². The summed E-state index contributed by atoms with van der Waals surface area (Å²) in [7, 11) is 3.35. The van der Waals surface area contributed by atoms with Gasteiger partial charge in [-0.2, -0.15) is 0 Å². The maximum Gasteiger partial charge on any atom is 0.176 e. The highest BCUT2D eigenvalue weighted by Gasteiger charge is 2.23. The Kier molecular flexibility index (Phi) is 4.72. The molecule has 2 rings (SSSR count). The summed E-state index contributed by atoms with van der Waals surface area (Å²) in [5, 5.41) is 6.83. The van der Waals surface area contributed by atoms with E-state index in [0.717, 1.165) is 6.54 Å². The molecule has 0 aliphatic heterocycles. The monoisotopic (exact) mass is 265 g/mol. The van der Waals surface area contributed by atoms with Crippen LogP contribution < -0.4 is 5.32 Å². The first kappa shape index (κ1) is 13.5. The van der Waals surface area contributed by atoms with Crippen molar-refractivity contribution in [3.63, 3.8) is 0 Å². The summed E-state index contributed by atoms with van der Waals surface area (Å²) in [5.41, 5.74) is 1.23. The minimum atomic E-state index is -0.280. The van der Waals surface area contributed by atoms with Crippen molar-refractivity contribution in [3.8, 4) is 0 Å². The molecule has 0 fully saturated rings. The number of methoxy groups -OCH3 is 2. The molecule has 1 aromatic carbocycles. The number of fused-ring (bicyclic) bond motifs is 1. The van der Waals surface area contributed by atoms with Crippen LogP contribution in [0, 0.1) is 0 Å². The predicted octanol–water partition coefficient (Wildman–Crippen LogP) is 3.17. The number of thiophene rings is 1. The topological polar surface area (TPSA) is 30.5 Å². The van der Waals surface area contributed by atoms with Crippen LogP contribution in [0.25, 0.3) is 10.1 Å². The Hall–Kier alpha value is -0.940. The second-order valence-electron chi connectivity index (χ2n) is 4.06. The van der Waals surface area contributed by atoms with Crippen molar-refractivity contribution >= 4 is 21.4 Å². The van der Waals surface area contributed by atoms with Crippen molar-refractivity contribution in [2.24, 2.45) is 0 Å². The van der Waals surface area contributed by atoms with Gasteiger partial charge in [0, 0.05) is 18.9 Å². The van der Waals surface area contributed by atoms with Gasteiger partial charge in [0.25, 0.3) is 0 Å². The summed E-state index contributed by atoms with van der Waals surface area (Å²) in [6, 6.07) is 8.54. The molecule has 2 aromatic rings. The first-order valence-electron chi connectivity index (χ1n) is 6.07. The molecule has 3 nitrogen and oxygen atoms in total. The second kappa shape index (κ2) is 6.29. The fourth-order valence-corrected chi connectivity index (χ4v) is 3.16. The number of hydrogen-bond acceptors (Lipinski definition) is 4. The van der Waals surface area contributed by atoms with Crippen molar-refractivity contribution in [1.82, 2.24) is 5.32 Å². The molecule has 1 atom stereocenters. The zero-order valence-electron chi connectivity index (χ0n) is 11.0. The molecule has 18 heavy (non-hydrogen) atoms. The highest BCUT2D eigenvalue weighted by atomic mass is 32.1. The van der Waals surface area contributed by atoms with Crippen LogP contribution in [0.4, 0.5) is 0 Å². The normalized spacial score (nSPS) is 13.3. The maximum atomic E-state index is 5.41. The summed E-state index contributed by atoms with van der Waals surface area (Å²) < 4.78 is 12.1. The van der Waals surface area contributed by atoms with Crippen LogP contribution in [0.5, 0.6) is 0 Å². The lowest BCUT2D eigenvalue weighted by molar-refractivity contribution is -0.123. The number of hydrogen-bond donors (Lipinski definition) is 1. The van der Waals surface area contributed by atoms with Gasteiger partial charge in [-0.15, -0.1) is 11.3 Å². The van der Waals surface area contributed by atoms with Crippen molar-refractivity contribution in [2.75, 3.05) is 20.8 Å². The fraction of sp³-hybridized carbons (Fsp3) is 0.429. The molecule has 1 unspecified atom stereocenters. The number of rotatable bonds is 6. The molecule has 0 amide bonds. The summed E-state index contributed by atoms with van der Waals surface area (Å²) in [5.74, 6) is 0. The van der Waals surface area contributed by atoms with Gasteiger partial charge in [0.1, 0.15) is 0 Å². The van der Waals surface area contributed by atoms with Crippen LogP contribution >= 0.6 is 11.3 Å². The summed E-state index contributed by atoms with van der Waals surface area (Å²) in [6.45, 7) is 2.96. The van der Waals surface area contributed by atoms with Gasteiger partial charge in [-0.1, -0.05) is 25.1 Å². The Balaban J connectivity index is 2.43. The van der Waals surface area contributed by atoms with Crippen molar-refractivity contribution < 1.29 is 9.47 Å². The molecule has 4 heteroatoms. The zero-order valence-corrected chi connectivity index (χ0v) is 11.8. The van der Waals surface area contributed by atoms with E-state index in [1.54, 1.807) is 25.6 Å². The van der Waals surface area contributed by atoms with E-state index in [-0.39, 0.29) is 12.3 Å². The van der Waals surface area contributed by atoms with Gasteiger partial charge in [0.2, 0.25) is 0 Å². The number of likely N-dealkylation sites (N-methyl/N-ethyl adjacent to an activating group) is 1. The van der Waals surface area contributed by atoms with Crippen LogP contribution in [0.15, 0.2) is 29.6 Å². The first-order valence-corrected chi connectivity index (χ1v) is 6.94. The fourth-order valence-electron chi connectivity index (χ4n) is 2.20. The van der Waals surface area contributed by atoms with E-state index in [1.165, 1.54) is 15.6 Å². The third kappa shape index (κ3) is 2.57. The van der Waals surface area contributed by atoms with Gasteiger partial charge in [-0.05, 0) is 28.9 Å². The average molecular weight is 265 g/mol. The molecule has 0 spiro atoms. The molecular weight excluding hydrogens is 246 g/mol. The first-order chi connectivity index (χ1) is 8.81. The summed E-state index contributed by atoms with van der Waals surface area (Å²) >= 11 is 1.76. The summed E-state index contributed by atoms with van der Waals surface area (Å²) in [4.78, 5) is 0. The van der Waals surface area contributed by atoms with Crippen molar-refractivity contribution in [3.05, 3.63) is 35.2 Å². The van der Waals surface area contributed by atoms with Gasteiger partial charge in [-0.3, -0.25) is 0 Å². The standard InChI is InChI=1S/C14H19NO2S/c1-4-15-12(14(16-2)17-3)11-7-5-6-10-8-9-18-13(10)11/h5-9,12,14-15H,4H2,1-3H3. The van der Waals surface area contributed by atoms with E-state index in [4.69, 9.17) is 9.47 Å². The predicted molar refractivity (Wildman–Crippen MR) is 76.0 cm³/mol. The minimum Gasteiger partial charge on any atom is -0.354 e. The molecule has 0 saturated heterocycles. The van der Waals surface area contributed by atoms with E-state index in [9.17, 15) is 0 Å². The largest absolute Gasteiger partial charge is 0.354 e. The molecular formula is C14H19NO2S.